The second-order valence-corrected chi connectivity index (χ2v) is 13.1. The van der Waals surface area contributed by atoms with Crippen LogP contribution in [-0.4, -0.2) is 44.5 Å². The van der Waals surface area contributed by atoms with Crippen LogP contribution < -0.4 is 4.72 Å². The van der Waals surface area contributed by atoms with Gasteiger partial charge in [-0.3, -0.25) is 9.74 Å². The van der Waals surface area contributed by atoms with Crippen molar-refractivity contribution in [3.63, 3.8) is 0 Å². The minimum absolute atomic E-state index is 0.0199. The maximum Gasteiger partial charge on any atom is 0.416 e. The summed E-state index contributed by atoms with van der Waals surface area (Å²) < 4.78 is 120. The summed E-state index contributed by atoms with van der Waals surface area (Å²) in [7, 11) is -3.95. The van der Waals surface area contributed by atoms with Crippen molar-refractivity contribution in [2.45, 2.75) is 56.0 Å². The van der Waals surface area contributed by atoms with E-state index < -0.39 is 75.6 Å². The highest BCUT2D eigenvalue weighted by Gasteiger charge is 2.56. The molecule has 15 heteroatoms. The number of sulfonamides is 1. The van der Waals surface area contributed by atoms with Gasteiger partial charge in [0.15, 0.2) is 0 Å². The quantitative estimate of drug-likeness (QED) is 0.189. The summed E-state index contributed by atoms with van der Waals surface area (Å²) in [5, 5.41) is 0. The van der Waals surface area contributed by atoms with Gasteiger partial charge in [-0.15, -0.1) is 4.72 Å². The highest BCUT2D eigenvalue weighted by atomic mass is 32.2. The molecule has 0 aliphatic carbocycles. The minimum Gasteiger partial charge on any atom is -0.445 e. The number of piperidine rings is 1. The van der Waals surface area contributed by atoms with E-state index in [2.05, 4.69) is 9.57 Å². The van der Waals surface area contributed by atoms with Crippen molar-refractivity contribution < 1.29 is 49.0 Å². The highest BCUT2D eigenvalue weighted by Crippen LogP contribution is 2.44. The monoisotopic (exact) mass is 683 g/mol. The Bertz CT molecular complexity index is 1680. The first-order valence-corrected chi connectivity index (χ1v) is 16.1. The van der Waals surface area contributed by atoms with E-state index in [0.717, 1.165) is 11.2 Å². The first-order valence-electron chi connectivity index (χ1n) is 14.2. The van der Waals surface area contributed by atoms with E-state index >= 15 is 0 Å². The Morgan fingerprint density at radius 3 is 2.02 bits per heavy atom. The summed E-state index contributed by atoms with van der Waals surface area (Å²) in [6, 6.07) is 18.1. The van der Waals surface area contributed by atoms with Gasteiger partial charge in [0.1, 0.15) is 13.2 Å². The fourth-order valence-corrected chi connectivity index (χ4v) is 6.38. The summed E-state index contributed by atoms with van der Waals surface area (Å²) >= 11 is 0. The minimum atomic E-state index is -5.07. The number of amides is 1. The number of rotatable bonds is 9. The van der Waals surface area contributed by atoms with Crippen LogP contribution in [-0.2, 0) is 44.0 Å². The Kier molecular flexibility index (Phi) is 10.3. The van der Waals surface area contributed by atoms with Gasteiger partial charge in [-0.05, 0) is 48.2 Å². The van der Waals surface area contributed by atoms with Gasteiger partial charge in [0, 0.05) is 6.42 Å². The number of carbonyl (C=O) groups is 1. The van der Waals surface area contributed by atoms with Crippen molar-refractivity contribution in [3.8, 4) is 0 Å². The molecule has 1 aliphatic rings. The van der Waals surface area contributed by atoms with Gasteiger partial charge in [-0.1, -0.05) is 60.7 Å². The maximum absolute atomic E-state index is 13.9. The van der Waals surface area contributed by atoms with E-state index in [0.29, 0.717) is 23.3 Å². The summed E-state index contributed by atoms with van der Waals surface area (Å²) in [5.74, 6) is 0. The number of ether oxygens (including phenoxy) is 2. The van der Waals surface area contributed by atoms with Crippen molar-refractivity contribution in [2.24, 2.45) is 0 Å². The average molecular weight is 684 g/mol. The largest absolute Gasteiger partial charge is 0.445 e. The molecule has 1 N–H and O–H groups in total. The highest BCUT2D eigenvalue weighted by molar-refractivity contribution is 7.88. The molecule has 0 spiro atoms. The van der Waals surface area contributed by atoms with E-state index in [-0.39, 0.29) is 25.5 Å². The van der Waals surface area contributed by atoms with Gasteiger partial charge in [0.05, 0.1) is 35.6 Å². The van der Waals surface area contributed by atoms with Crippen LogP contribution >= 0.6 is 0 Å². The second kappa shape index (κ2) is 13.5. The van der Waals surface area contributed by atoms with Crippen LogP contribution in [0, 0.1) is 6.57 Å². The predicted octanol–water partition coefficient (Wildman–Crippen LogP) is 7.29. The van der Waals surface area contributed by atoms with Crippen LogP contribution in [0.15, 0.2) is 78.9 Å². The molecule has 1 aliphatic heterocycles. The van der Waals surface area contributed by atoms with E-state index in [1.807, 2.05) is 0 Å². The Balaban J connectivity index is 1.76. The normalized spacial score (nSPS) is 21.1. The first-order chi connectivity index (χ1) is 21.9. The third-order valence-corrected chi connectivity index (χ3v) is 8.62. The lowest BCUT2D eigenvalue weighted by atomic mass is 9.78. The summed E-state index contributed by atoms with van der Waals surface area (Å²) in [4.78, 5) is 18.6. The molecule has 3 aromatic carbocycles. The van der Waals surface area contributed by atoms with Gasteiger partial charge >= 0.3 is 24.1 Å². The lowest BCUT2D eigenvalue weighted by Gasteiger charge is -2.49. The summed E-state index contributed by atoms with van der Waals surface area (Å²) in [5.41, 5.74) is -5.61. The lowest BCUT2D eigenvalue weighted by molar-refractivity contribution is -0.143. The van der Waals surface area contributed by atoms with E-state index in [4.69, 9.17) is 16.0 Å². The zero-order valence-corrected chi connectivity index (χ0v) is 26.0. The van der Waals surface area contributed by atoms with Crippen molar-refractivity contribution in [1.29, 1.82) is 0 Å². The number of nitrogens with one attached hydrogen (secondary N) is 1. The van der Waals surface area contributed by atoms with E-state index in [9.17, 15) is 39.6 Å². The molecule has 1 fully saturated rings. The molecule has 252 valence electrons. The Morgan fingerprint density at radius 2 is 1.51 bits per heavy atom. The van der Waals surface area contributed by atoms with Crippen LogP contribution in [0.25, 0.3) is 4.85 Å². The number of benzene rings is 3. The molecule has 0 aromatic heterocycles. The molecule has 0 bridgehead atoms. The molecule has 4 rings (SSSR count). The molecule has 3 atom stereocenters. The number of halogens is 6. The van der Waals surface area contributed by atoms with E-state index in [1.165, 1.54) is 6.92 Å². The summed E-state index contributed by atoms with van der Waals surface area (Å²) in [6.45, 7) is 7.99. The topological polar surface area (TPSA) is 89.3 Å². The molecular weight excluding hydrogens is 652 g/mol. The first kappa shape index (κ1) is 35.7. The zero-order chi connectivity index (χ0) is 34.7. The van der Waals surface area contributed by atoms with Gasteiger partial charge < -0.3 is 9.47 Å². The number of carbonyl (C=O) groups excluding carboxylic acids is 1. The fraction of sp³-hybridized carbons (Fsp3) is 0.375. The Morgan fingerprint density at radius 1 is 0.957 bits per heavy atom. The molecule has 0 unspecified atom stereocenters. The van der Waals surface area contributed by atoms with Crippen molar-refractivity contribution in [1.82, 2.24) is 9.62 Å². The van der Waals surface area contributed by atoms with Gasteiger partial charge in [-0.2, -0.15) is 26.3 Å². The number of alkyl halides is 6. The standard InChI is InChI=1S/C32H31F6N3O5S/c1-22(24-16-26(31(33,34)35)18-27(17-24)32(36,37)38)46-21-29(25-12-8-5-9-13-25)14-15-30(39-2,40-47(3,43)44)20-41(29)28(42)45-19-23-10-6-4-7-11-23/h4-13,16-18,22,40H,14-15,19-21H2,1,3H3/t22-,29-,30-/m1/s1. The van der Waals surface area contributed by atoms with E-state index in [1.54, 1.807) is 60.7 Å². The van der Waals surface area contributed by atoms with Gasteiger partial charge in [0.2, 0.25) is 10.0 Å². The SMILES string of the molecule is [C-]#[N+][C@@]1(NS(C)(=O)=O)CC[C@@](CO[C@H](C)c2cc(C(F)(F)F)cc(C(F)(F)F)c2)(c2ccccc2)N(C(=O)OCc2ccccc2)C1. The number of nitrogens with zero attached hydrogens (tertiary/aromatic N) is 2. The van der Waals surface area contributed by atoms with Gasteiger partial charge in [0.25, 0.3) is 0 Å². The molecule has 1 amide bonds. The van der Waals surface area contributed by atoms with Gasteiger partial charge in [-0.25, -0.2) is 19.8 Å². The fourth-order valence-electron chi connectivity index (χ4n) is 5.47. The summed E-state index contributed by atoms with van der Waals surface area (Å²) in [6.07, 6.45) is -11.8. The third-order valence-electron chi connectivity index (χ3n) is 7.87. The molecular formula is C32H31F6N3O5S. The van der Waals surface area contributed by atoms with Crippen molar-refractivity contribution >= 4 is 16.1 Å². The van der Waals surface area contributed by atoms with Crippen LogP contribution in [0.1, 0.15) is 53.7 Å². The molecule has 1 saturated heterocycles. The zero-order valence-electron chi connectivity index (χ0n) is 25.2. The van der Waals surface area contributed by atoms with Crippen LogP contribution in [0.2, 0.25) is 0 Å². The molecule has 47 heavy (non-hydrogen) atoms. The van der Waals surface area contributed by atoms with Crippen molar-refractivity contribution in [2.75, 3.05) is 19.4 Å². The Labute approximate surface area is 268 Å². The smallest absolute Gasteiger partial charge is 0.416 e. The third kappa shape index (κ3) is 8.62. The molecule has 0 saturated carbocycles. The number of hydrogen-bond acceptors (Lipinski definition) is 5. The van der Waals surface area contributed by atoms with Crippen LogP contribution in [0.5, 0.6) is 0 Å². The Hall–Kier alpha value is -4.13. The molecule has 1 heterocycles. The lowest BCUT2D eigenvalue weighted by Crippen LogP contribution is -2.65. The van der Waals surface area contributed by atoms with Crippen LogP contribution in [0.4, 0.5) is 31.1 Å². The predicted molar refractivity (Wildman–Crippen MR) is 159 cm³/mol. The molecule has 0 radical (unpaired) electrons. The number of likely N-dealkylation sites (tertiary alicyclic amines) is 1. The molecule has 3 aromatic rings. The molecule has 8 nitrogen and oxygen atoms in total. The van der Waals surface area contributed by atoms with Crippen LogP contribution in [0.3, 0.4) is 0 Å². The average Bonchev–Trinajstić information content (AvgIpc) is 3.02. The number of hydrogen-bond donors (Lipinski definition) is 1. The second-order valence-electron chi connectivity index (χ2n) is 11.3. The van der Waals surface area contributed by atoms with Crippen molar-refractivity contribution in [3.05, 3.63) is 118 Å². The maximum atomic E-state index is 13.9.